The average Bonchev–Trinajstić information content (AvgIpc) is 2.81. The second-order valence-electron chi connectivity index (χ2n) is 5.37. The van der Waals surface area contributed by atoms with Gasteiger partial charge in [0.25, 0.3) is 0 Å². The lowest BCUT2D eigenvalue weighted by molar-refractivity contribution is -0.129. The van der Waals surface area contributed by atoms with Crippen LogP contribution in [0.15, 0.2) is 24.3 Å². The number of nitrogens with zero attached hydrogens (tertiary/aromatic N) is 1. The molecule has 0 fully saturated rings. The zero-order valence-electron chi connectivity index (χ0n) is 13.0. The topological polar surface area (TPSA) is 38.8 Å². The molecule has 0 saturated heterocycles. The smallest absolute Gasteiger partial charge is 0.219 e. The van der Waals surface area contributed by atoms with Gasteiger partial charge in [0.05, 0.1) is 13.7 Å². The number of carbonyl (C=O) groups excluding carboxylic acids is 1. The van der Waals surface area contributed by atoms with Gasteiger partial charge < -0.3 is 14.4 Å². The average molecular weight is 317 g/mol. The summed E-state index contributed by atoms with van der Waals surface area (Å²) in [5.74, 6) is 1.54. The zero-order chi connectivity index (χ0) is 15.7. The summed E-state index contributed by atoms with van der Waals surface area (Å²) in [7, 11) is 1.65. The molecule has 116 valence electrons. The third-order valence-corrected chi connectivity index (χ3v) is 4.84. The molecule has 0 N–H and O–H groups in total. The number of aryl methyl sites for hydroxylation is 1. The summed E-state index contributed by atoms with van der Waals surface area (Å²) in [5.41, 5.74) is 2.09. The number of hydrogen-bond acceptors (Lipinski definition) is 4. The van der Waals surface area contributed by atoms with Gasteiger partial charge in [-0.1, -0.05) is 0 Å². The van der Waals surface area contributed by atoms with Crippen molar-refractivity contribution in [3.8, 4) is 21.9 Å². The van der Waals surface area contributed by atoms with Crippen LogP contribution in [0.25, 0.3) is 10.4 Å². The van der Waals surface area contributed by atoms with Crippen LogP contribution in [-0.4, -0.2) is 31.1 Å². The van der Waals surface area contributed by atoms with Crippen molar-refractivity contribution >= 4 is 17.2 Å². The maximum atomic E-state index is 11.7. The molecule has 2 heterocycles. The number of ether oxygens (including phenoxy) is 2. The number of methoxy groups -OCH3 is 1. The van der Waals surface area contributed by atoms with E-state index >= 15 is 0 Å². The van der Waals surface area contributed by atoms with Crippen LogP contribution in [0.4, 0.5) is 0 Å². The van der Waals surface area contributed by atoms with Crippen molar-refractivity contribution in [1.82, 2.24) is 4.90 Å². The monoisotopic (exact) mass is 317 g/mol. The minimum atomic E-state index is 0.0628. The largest absolute Gasteiger partial charge is 0.493 e. The van der Waals surface area contributed by atoms with Crippen LogP contribution in [0.2, 0.25) is 0 Å². The quantitative estimate of drug-likeness (QED) is 0.851. The minimum Gasteiger partial charge on any atom is -0.493 e. The standard InChI is InChI=1S/C17H19NO3S/c1-11-4-5-16(22-11)13-8-14-10-18(12(2)19)6-7-21-17(14)15(9-13)20-3/h4-5,8-9H,6-7,10H2,1-3H3. The van der Waals surface area contributed by atoms with Gasteiger partial charge in [0.15, 0.2) is 11.5 Å². The fraction of sp³-hybridized carbons (Fsp3) is 0.353. The Hall–Kier alpha value is -2.01. The fourth-order valence-electron chi connectivity index (χ4n) is 2.64. The van der Waals surface area contributed by atoms with E-state index in [2.05, 4.69) is 25.1 Å². The molecule has 1 aliphatic rings. The van der Waals surface area contributed by atoms with E-state index in [0.717, 1.165) is 22.6 Å². The molecule has 2 aromatic rings. The second-order valence-corrected chi connectivity index (χ2v) is 6.65. The lowest BCUT2D eigenvalue weighted by Gasteiger charge is -2.18. The van der Waals surface area contributed by atoms with Gasteiger partial charge in [-0.25, -0.2) is 0 Å². The van der Waals surface area contributed by atoms with E-state index < -0.39 is 0 Å². The van der Waals surface area contributed by atoms with Gasteiger partial charge in [-0.05, 0) is 36.8 Å². The van der Waals surface area contributed by atoms with Crippen LogP contribution in [0.5, 0.6) is 11.5 Å². The number of thiophene rings is 1. The number of rotatable bonds is 2. The summed E-state index contributed by atoms with van der Waals surface area (Å²) >= 11 is 1.75. The number of benzene rings is 1. The highest BCUT2D eigenvalue weighted by molar-refractivity contribution is 7.15. The molecule has 0 bridgehead atoms. The van der Waals surface area contributed by atoms with E-state index in [0.29, 0.717) is 19.7 Å². The zero-order valence-corrected chi connectivity index (χ0v) is 13.8. The summed E-state index contributed by atoms with van der Waals surface area (Å²) in [6.07, 6.45) is 0. The molecule has 5 heteroatoms. The first-order valence-corrected chi connectivity index (χ1v) is 8.06. The second kappa shape index (κ2) is 6.01. The maximum Gasteiger partial charge on any atom is 0.219 e. The van der Waals surface area contributed by atoms with E-state index in [1.165, 1.54) is 9.75 Å². The first-order valence-electron chi connectivity index (χ1n) is 7.24. The highest BCUT2D eigenvalue weighted by Crippen LogP contribution is 2.39. The van der Waals surface area contributed by atoms with Gasteiger partial charge in [0, 0.05) is 28.8 Å². The predicted octanol–water partition coefficient (Wildman–Crippen LogP) is 3.47. The maximum absolute atomic E-state index is 11.7. The van der Waals surface area contributed by atoms with Gasteiger partial charge in [-0.3, -0.25) is 4.79 Å². The molecule has 1 aromatic carbocycles. The van der Waals surface area contributed by atoms with Crippen molar-refractivity contribution in [1.29, 1.82) is 0 Å². The Kier molecular flexibility index (Phi) is 4.07. The summed E-state index contributed by atoms with van der Waals surface area (Å²) in [5, 5.41) is 0. The molecule has 0 atom stereocenters. The van der Waals surface area contributed by atoms with Crippen LogP contribution in [0, 0.1) is 6.92 Å². The Bertz CT molecular complexity index is 708. The Morgan fingerprint density at radius 1 is 1.36 bits per heavy atom. The molecule has 0 radical (unpaired) electrons. The molecule has 22 heavy (non-hydrogen) atoms. The van der Waals surface area contributed by atoms with Gasteiger partial charge in [-0.2, -0.15) is 0 Å². The number of fused-ring (bicyclic) bond motifs is 1. The first kappa shape index (κ1) is 14.9. The Labute approximate surface area is 134 Å². The third kappa shape index (κ3) is 2.81. The number of carbonyl (C=O) groups is 1. The molecule has 0 unspecified atom stereocenters. The molecule has 1 aliphatic heterocycles. The molecule has 0 spiro atoms. The third-order valence-electron chi connectivity index (χ3n) is 3.79. The first-order chi connectivity index (χ1) is 10.6. The van der Waals surface area contributed by atoms with Crippen molar-refractivity contribution < 1.29 is 14.3 Å². The molecule has 1 amide bonds. The van der Waals surface area contributed by atoms with Gasteiger partial charge in [-0.15, -0.1) is 11.3 Å². The Morgan fingerprint density at radius 3 is 2.82 bits per heavy atom. The number of hydrogen-bond donors (Lipinski definition) is 0. The highest BCUT2D eigenvalue weighted by atomic mass is 32.1. The summed E-state index contributed by atoms with van der Waals surface area (Å²) in [6, 6.07) is 8.33. The van der Waals surface area contributed by atoms with E-state index in [-0.39, 0.29) is 5.91 Å². The Balaban J connectivity index is 2.07. The SMILES string of the molecule is COc1cc(-c2ccc(C)s2)cc2c1OCCN(C(C)=O)C2. The van der Waals surface area contributed by atoms with Gasteiger partial charge in [0.1, 0.15) is 6.61 Å². The van der Waals surface area contributed by atoms with Crippen LogP contribution in [-0.2, 0) is 11.3 Å². The van der Waals surface area contributed by atoms with Gasteiger partial charge in [0.2, 0.25) is 5.91 Å². The van der Waals surface area contributed by atoms with E-state index in [1.807, 2.05) is 6.07 Å². The van der Waals surface area contributed by atoms with Crippen LogP contribution in [0.1, 0.15) is 17.4 Å². The normalized spacial score (nSPS) is 14.0. The van der Waals surface area contributed by atoms with Crippen molar-refractivity contribution in [2.45, 2.75) is 20.4 Å². The van der Waals surface area contributed by atoms with Crippen molar-refractivity contribution in [3.63, 3.8) is 0 Å². The van der Waals surface area contributed by atoms with E-state index in [1.54, 1.807) is 30.3 Å². The van der Waals surface area contributed by atoms with Crippen LogP contribution in [0.3, 0.4) is 0 Å². The Morgan fingerprint density at radius 2 is 2.18 bits per heavy atom. The lowest BCUT2D eigenvalue weighted by atomic mass is 10.1. The number of amides is 1. The lowest BCUT2D eigenvalue weighted by Crippen LogP contribution is -2.30. The fourth-order valence-corrected chi connectivity index (χ4v) is 3.49. The van der Waals surface area contributed by atoms with Crippen molar-refractivity contribution in [2.75, 3.05) is 20.3 Å². The summed E-state index contributed by atoms with van der Waals surface area (Å²) in [4.78, 5) is 16.0. The van der Waals surface area contributed by atoms with Crippen LogP contribution < -0.4 is 9.47 Å². The van der Waals surface area contributed by atoms with E-state index in [9.17, 15) is 4.79 Å². The molecular formula is C17H19NO3S. The predicted molar refractivity (Wildman–Crippen MR) is 87.6 cm³/mol. The van der Waals surface area contributed by atoms with Crippen molar-refractivity contribution in [2.24, 2.45) is 0 Å². The molecule has 3 rings (SSSR count). The minimum absolute atomic E-state index is 0.0628. The summed E-state index contributed by atoms with van der Waals surface area (Å²) in [6.45, 7) is 5.32. The molecule has 1 aromatic heterocycles. The summed E-state index contributed by atoms with van der Waals surface area (Å²) < 4.78 is 11.3. The van der Waals surface area contributed by atoms with Gasteiger partial charge >= 0.3 is 0 Å². The molecule has 0 saturated carbocycles. The van der Waals surface area contributed by atoms with Crippen molar-refractivity contribution in [3.05, 3.63) is 34.7 Å². The van der Waals surface area contributed by atoms with Crippen LogP contribution >= 0.6 is 11.3 Å². The highest BCUT2D eigenvalue weighted by Gasteiger charge is 2.21. The molecule has 0 aliphatic carbocycles. The molecular weight excluding hydrogens is 298 g/mol. The molecule has 4 nitrogen and oxygen atoms in total. The van der Waals surface area contributed by atoms with E-state index in [4.69, 9.17) is 9.47 Å².